The lowest BCUT2D eigenvalue weighted by molar-refractivity contribution is 1.27. The summed E-state index contributed by atoms with van der Waals surface area (Å²) in [5, 5.41) is 2.08. The van der Waals surface area contributed by atoms with E-state index < -0.39 is 0 Å². The zero-order valence-electron chi connectivity index (χ0n) is 17.8. The van der Waals surface area contributed by atoms with Crippen molar-refractivity contribution in [1.82, 2.24) is 4.98 Å². The van der Waals surface area contributed by atoms with E-state index in [1.807, 2.05) is 85.0 Å². The maximum absolute atomic E-state index is 3.00. The van der Waals surface area contributed by atoms with E-state index in [0.717, 1.165) is 0 Å². The molecule has 0 saturated heterocycles. The van der Waals surface area contributed by atoms with Crippen LogP contribution >= 0.6 is 11.3 Å². The highest BCUT2D eigenvalue weighted by atomic mass is 32.1. The molecule has 25 heavy (non-hydrogen) atoms. The average molecular weight is 362 g/mol. The Morgan fingerprint density at radius 3 is 1.36 bits per heavy atom. The molecular formula is C23H39NS. The van der Waals surface area contributed by atoms with Gasteiger partial charge in [0.25, 0.3) is 0 Å². The fraction of sp³-hybridized carbons (Fsp3) is 0.391. The maximum atomic E-state index is 3.00. The van der Waals surface area contributed by atoms with E-state index in [-0.39, 0.29) is 0 Å². The summed E-state index contributed by atoms with van der Waals surface area (Å²) in [5.41, 5.74) is 2.54. The van der Waals surface area contributed by atoms with Crippen LogP contribution in [0.5, 0.6) is 0 Å². The first-order valence-electron chi connectivity index (χ1n) is 9.30. The van der Waals surface area contributed by atoms with Gasteiger partial charge in [-0.3, -0.25) is 0 Å². The van der Waals surface area contributed by atoms with Gasteiger partial charge in [0, 0.05) is 16.8 Å². The van der Waals surface area contributed by atoms with Gasteiger partial charge in [-0.25, -0.2) is 0 Å². The van der Waals surface area contributed by atoms with Crippen LogP contribution < -0.4 is 0 Å². The van der Waals surface area contributed by atoms with E-state index in [4.69, 9.17) is 0 Å². The zero-order valence-corrected chi connectivity index (χ0v) is 18.6. The van der Waals surface area contributed by atoms with E-state index in [1.54, 1.807) is 11.3 Å². The van der Waals surface area contributed by atoms with Crippen LogP contribution in [0.3, 0.4) is 0 Å². The number of aryl methyl sites for hydroxylation is 3. The molecule has 3 aromatic rings. The highest BCUT2D eigenvalue weighted by Crippen LogP contribution is 2.03. The van der Waals surface area contributed by atoms with Crippen molar-refractivity contribution in [3.8, 4) is 0 Å². The van der Waals surface area contributed by atoms with Crippen molar-refractivity contribution >= 4 is 11.3 Å². The quantitative estimate of drug-likeness (QED) is 0.413. The van der Waals surface area contributed by atoms with Crippen LogP contribution in [-0.4, -0.2) is 4.98 Å². The summed E-state index contributed by atoms with van der Waals surface area (Å²) in [6.45, 7) is 18.2. The minimum absolute atomic E-state index is 1.22. The van der Waals surface area contributed by atoms with Gasteiger partial charge < -0.3 is 4.98 Å². The van der Waals surface area contributed by atoms with Crippen LogP contribution in [0, 0.1) is 20.8 Å². The topological polar surface area (TPSA) is 15.8 Å². The summed E-state index contributed by atoms with van der Waals surface area (Å²) in [5.74, 6) is 0. The molecule has 0 aliphatic rings. The standard InChI is InChI=1S/C7H8.C5H7N.C5H6S.3C2H6/c1-7-5-3-2-4-6-7;2*1-5-3-2-4-6-5;3*1-2/h2-6H,1H3;2-4,6H,1H3;2-4H,1H3;3*1-2H3. The van der Waals surface area contributed by atoms with Gasteiger partial charge in [-0.2, -0.15) is 0 Å². The summed E-state index contributed by atoms with van der Waals surface area (Å²) < 4.78 is 0. The Kier molecular flexibility index (Phi) is 27.4. The number of thiophene rings is 1. The van der Waals surface area contributed by atoms with Crippen molar-refractivity contribution in [1.29, 1.82) is 0 Å². The lowest BCUT2D eigenvalue weighted by atomic mass is 10.2. The summed E-state index contributed by atoms with van der Waals surface area (Å²) >= 11 is 1.78. The maximum Gasteiger partial charge on any atom is 0.0115 e. The average Bonchev–Trinajstić information content (AvgIpc) is 3.35. The molecule has 2 aromatic heterocycles. The molecule has 0 amide bonds. The Balaban J connectivity index is -0.000000253. The molecule has 0 fully saturated rings. The Hall–Kier alpha value is -1.80. The first kappa shape index (κ1) is 28.0. The number of nitrogens with one attached hydrogen (secondary N) is 1. The van der Waals surface area contributed by atoms with Crippen LogP contribution in [0.4, 0.5) is 0 Å². The monoisotopic (exact) mass is 361 g/mol. The van der Waals surface area contributed by atoms with E-state index >= 15 is 0 Å². The number of hydrogen-bond acceptors (Lipinski definition) is 1. The SMILES string of the molecule is CC.CC.CC.Cc1ccc[nH]1.Cc1ccccc1.Cc1cccs1. The second kappa shape index (κ2) is 24.5. The third-order valence-corrected chi connectivity index (χ3v) is 3.16. The predicted octanol–water partition coefficient (Wildman–Crippen LogP) is 8.45. The highest BCUT2D eigenvalue weighted by Gasteiger charge is 1.75. The van der Waals surface area contributed by atoms with Crippen molar-refractivity contribution in [3.05, 3.63) is 82.3 Å². The Morgan fingerprint density at radius 1 is 0.640 bits per heavy atom. The van der Waals surface area contributed by atoms with E-state index in [1.165, 1.54) is 16.1 Å². The first-order valence-corrected chi connectivity index (χ1v) is 10.2. The number of H-pyrrole nitrogens is 1. The largest absolute Gasteiger partial charge is 0.365 e. The minimum atomic E-state index is 1.22. The van der Waals surface area contributed by atoms with Gasteiger partial charge in [0.1, 0.15) is 0 Å². The number of aromatic nitrogens is 1. The molecule has 1 nitrogen and oxygen atoms in total. The molecule has 1 aromatic carbocycles. The first-order chi connectivity index (χ1) is 12.2. The van der Waals surface area contributed by atoms with Gasteiger partial charge >= 0.3 is 0 Å². The molecule has 2 heterocycles. The molecule has 0 bridgehead atoms. The summed E-state index contributed by atoms with van der Waals surface area (Å²) in [4.78, 5) is 4.38. The van der Waals surface area contributed by atoms with E-state index in [9.17, 15) is 0 Å². The fourth-order valence-electron chi connectivity index (χ4n) is 1.32. The molecular weight excluding hydrogens is 322 g/mol. The van der Waals surface area contributed by atoms with Gasteiger partial charge in [-0.15, -0.1) is 11.3 Å². The Bertz CT molecular complexity index is 478. The Labute approximate surface area is 161 Å². The smallest absolute Gasteiger partial charge is 0.0115 e. The predicted molar refractivity (Wildman–Crippen MR) is 120 cm³/mol. The molecule has 3 rings (SSSR count). The highest BCUT2D eigenvalue weighted by molar-refractivity contribution is 7.09. The number of aromatic amines is 1. The van der Waals surface area contributed by atoms with Gasteiger partial charge in [0.15, 0.2) is 0 Å². The van der Waals surface area contributed by atoms with Crippen molar-refractivity contribution in [2.24, 2.45) is 0 Å². The molecule has 0 unspecified atom stereocenters. The normalized spacial score (nSPS) is 7.40. The molecule has 0 saturated carbocycles. The lowest BCUT2D eigenvalue weighted by Gasteiger charge is -1.82. The van der Waals surface area contributed by atoms with Gasteiger partial charge in [-0.05, 0) is 44.4 Å². The molecule has 0 radical (unpaired) electrons. The van der Waals surface area contributed by atoms with Crippen LogP contribution in [0.1, 0.15) is 57.7 Å². The lowest BCUT2D eigenvalue weighted by Crippen LogP contribution is -1.62. The molecule has 2 heteroatoms. The molecule has 0 spiro atoms. The van der Waals surface area contributed by atoms with Gasteiger partial charge in [0.05, 0.1) is 0 Å². The van der Waals surface area contributed by atoms with Crippen molar-refractivity contribution in [3.63, 3.8) is 0 Å². The third kappa shape index (κ3) is 22.2. The number of hydrogen-bond donors (Lipinski definition) is 1. The molecule has 1 N–H and O–H groups in total. The van der Waals surface area contributed by atoms with Gasteiger partial charge in [0.2, 0.25) is 0 Å². The molecule has 0 atom stereocenters. The summed E-state index contributed by atoms with van der Waals surface area (Å²) in [7, 11) is 0. The van der Waals surface area contributed by atoms with Crippen LogP contribution in [0.15, 0.2) is 66.2 Å². The second-order valence-electron chi connectivity index (χ2n) is 4.23. The minimum Gasteiger partial charge on any atom is -0.365 e. The summed E-state index contributed by atoms with van der Waals surface area (Å²) in [6, 6.07) is 18.4. The Morgan fingerprint density at radius 2 is 1.20 bits per heavy atom. The fourth-order valence-corrected chi connectivity index (χ4v) is 1.84. The second-order valence-corrected chi connectivity index (χ2v) is 5.38. The number of rotatable bonds is 0. The third-order valence-electron chi connectivity index (χ3n) is 2.36. The molecule has 142 valence electrons. The van der Waals surface area contributed by atoms with Crippen molar-refractivity contribution in [2.75, 3.05) is 0 Å². The summed E-state index contributed by atoms with van der Waals surface area (Å²) in [6.07, 6.45) is 1.91. The number of benzene rings is 1. The van der Waals surface area contributed by atoms with Crippen LogP contribution in [0.25, 0.3) is 0 Å². The van der Waals surface area contributed by atoms with Gasteiger partial charge in [-0.1, -0.05) is 83.5 Å². The van der Waals surface area contributed by atoms with Crippen LogP contribution in [0.2, 0.25) is 0 Å². The van der Waals surface area contributed by atoms with E-state index in [2.05, 4.69) is 48.5 Å². The van der Waals surface area contributed by atoms with Crippen molar-refractivity contribution < 1.29 is 0 Å². The molecule has 0 aliphatic carbocycles. The van der Waals surface area contributed by atoms with Crippen molar-refractivity contribution in [2.45, 2.75) is 62.3 Å². The zero-order chi connectivity index (χ0) is 19.9. The molecule has 0 aliphatic heterocycles. The van der Waals surface area contributed by atoms with Crippen LogP contribution in [-0.2, 0) is 0 Å². The van der Waals surface area contributed by atoms with E-state index in [0.29, 0.717) is 0 Å².